The number of nitrogens with one attached hydrogen (secondary N) is 1. The molecule has 5 heterocycles. The van der Waals surface area contributed by atoms with Crippen molar-refractivity contribution >= 4 is 34.4 Å². The Hall–Kier alpha value is -4.16. The van der Waals surface area contributed by atoms with E-state index in [9.17, 15) is 4.79 Å². The van der Waals surface area contributed by atoms with Gasteiger partial charge in [0.25, 0.3) is 0 Å². The number of fused-ring (bicyclic) bond motifs is 1. The van der Waals surface area contributed by atoms with Gasteiger partial charge in [0, 0.05) is 81.1 Å². The normalized spacial score (nSPS) is 16.7. The summed E-state index contributed by atoms with van der Waals surface area (Å²) >= 11 is 0. The van der Waals surface area contributed by atoms with Gasteiger partial charge < -0.3 is 24.4 Å². The van der Waals surface area contributed by atoms with Crippen molar-refractivity contribution in [2.24, 2.45) is 0 Å². The molecule has 0 atom stereocenters. The minimum atomic E-state index is -0.600. The van der Waals surface area contributed by atoms with Crippen molar-refractivity contribution in [3.8, 4) is 5.69 Å². The Bertz CT molecular complexity index is 1500. The zero-order chi connectivity index (χ0) is 26.9. The van der Waals surface area contributed by atoms with E-state index in [2.05, 4.69) is 20.3 Å². The lowest BCUT2D eigenvalue weighted by Gasteiger charge is -2.32. The third-order valence-corrected chi connectivity index (χ3v) is 7.10. The van der Waals surface area contributed by atoms with Gasteiger partial charge in [0.2, 0.25) is 11.9 Å². The molecule has 6 rings (SSSR count). The number of likely N-dealkylation sites (N-methyl/N-ethyl adjacent to an activating group) is 1. The number of aromatic nitrogens is 4. The molecule has 0 aliphatic carbocycles. The van der Waals surface area contributed by atoms with E-state index >= 15 is 8.78 Å². The highest BCUT2D eigenvalue weighted by atomic mass is 19.1. The molecule has 2 aliphatic heterocycles. The molecule has 1 amide bonds. The molecule has 1 aromatic carbocycles. The van der Waals surface area contributed by atoms with E-state index in [1.54, 1.807) is 47.2 Å². The van der Waals surface area contributed by atoms with Crippen molar-refractivity contribution in [2.75, 3.05) is 63.2 Å². The van der Waals surface area contributed by atoms with Crippen LogP contribution in [-0.4, -0.2) is 88.2 Å². The van der Waals surface area contributed by atoms with Crippen LogP contribution in [0.15, 0.2) is 48.9 Å². The summed E-state index contributed by atoms with van der Waals surface area (Å²) in [4.78, 5) is 31.2. The Morgan fingerprint density at radius 1 is 1.03 bits per heavy atom. The zero-order valence-corrected chi connectivity index (χ0v) is 21.5. The van der Waals surface area contributed by atoms with E-state index < -0.39 is 11.6 Å². The average Bonchev–Trinajstić information content (AvgIpc) is 3.36. The molecule has 3 aromatic heterocycles. The van der Waals surface area contributed by atoms with Crippen LogP contribution in [0, 0.1) is 11.6 Å². The van der Waals surface area contributed by atoms with Crippen LogP contribution in [0.2, 0.25) is 0 Å². The summed E-state index contributed by atoms with van der Waals surface area (Å²) < 4.78 is 37.1. The first kappa shape index (κ1) is 25.1. The molecule has 1 N–H and O–H groups in total. The number of ether oxygens (including phenoxy) is 1. The Labute approximate surface area is 223 Å². The average molecular weight is 535 g/mol. The van der Waals surface area contributed by atoms with Crippen molar-refractivity contribution in [3.05, 3.63) is 66.1 Å². The molecule has 202 valence electrons. The zero-order valence-electron chi connectivity index (χ0n) is 21.5. The van der Waals surface area contributed by atoms with Crippen molar-refractivity contribution < 1.29 is 18.3 Å². The van der Waals surface area contributed by atoms with Gasteiger partial charge in [0.05, 0.1) is 25.4 Å². The van der Waals surface area contributed by atoms with Crippen LogP contribution in [0.5, 0.6) is 0 Å². The maximum atomic E-state index is 15.1. The summed E-state index contributed by atoms with van der Waals surface area (Å²) in [5.74, 6) is -0.166. The summed E-state index contributed by atoms with van der Waals surface area (Å²) in [6.45, 7) is 4.18. The van der Waals surface area contributed by atoms with Gasteiger partial charge in [0.1, 0.15) is 23.1 Å². The van der Waals surface area contributed by atoms with Crippen LogP contribution in [0.25, 0.3) is 16.7 Å². The lowest BCUT2D eigenvalue weighted by atomic mass is 10.1. The highest BCUT2D eigenvalue weighted by Crippen LogP contribution is 2.26. The Morgan fingerprint density at radius 2 is 1.82 bits per heavy atom. The lowest BCUT2D eigenvalue weighted by Crippen LogP contribution is -2.48. The third-order valence-electron chi connectivity index (χ3n) is 7.10. The van der Waals surface area contributed by atoms with Crippen LogP contribution in [-0.2, 0) is 16.1 Å². The number of amides is 1. The van der Waals surface area contributed by atoms with E-state index in [-0.39, 0.29) is 24.6 Å². The first-order valence-electron chi connectivity index (χ1n) is 12.8. The summed E-state index contributed by atoms with van der Waals surface area (Å²) in [5, 5.41) is 3.91. The molecular formula is C27H28F2N8O2. The first-order valence-corrected chi connectivity index (χ1v) is 12.8. The molecule has 2 saturated heterocycles. The number of carbonyl (C=O) groups is 1. The number of pyridine rings is 1. The fourth-order valence-corrected chi connectivity index (χ4v) is 4.80. The van der Waals surface area contributed by atoms with Gasteiger partial charge in [-0.05, 0) is 24.3 Å². The molecule has 0 spiro atoms. The maximum absolute atomic E-state index is 15.1. The second-order valence-electron chi connectivity index (χ2n) is 9.70. The van der Waals surface area contributed by atoms with Crippen LogP contribution < -0.4 is 10.2 Å². The predicted octanol–water partition coefficient (Wildman–Crippen LogP) is 2.95. The second kappa shape index (κ2) is 10.5. The van der Waals surface area contributed by atoms with E-state index in [0.29, 0.717) is 68.2 Å². The van der Waals surface area contributed by atoms with Gasteiger partial charge in [-0.2, -0.15) is 4.98 Å². The SMILES string of the molecule is CN1CCN(c2cc(Nc3ncc4ccn(-c5cc(F)c(CN6CCOCC6)c(F)c5)c4n3)ccn2)CC1=O. The number of carbonyl (C=O) groups excluding carboxylic acids is 1. The van der Waals surface area contributed by atoms with E-state index in [1.165, 1.54) is 12.1 Å². The monoisotopic (exact) mass is 534 g/mol. The quantitative estimate of drug-likeness (QED) is 0.404. The van der Waals surface area contributed by atoms with Gasteiger partial charge in [-0.3, -0.25) is 9.69 Å². The number of hydrogen-bond acceptors (Lipinski definition) is 8. The minimum Gasteiger partial charge on any atom is -0.379 e. The second-order valence-corrected chi connectivity index (χ2v) is 9.70. The van der Waals surface area contributed by atoms with Gasteiger partial charge >= 0.3 is 0 Å². The van der Waals surface area contributed by atoms with Crippen molar-refractivity contribution in [1.29, 1.82) is 0 Å². The molecule has 12 heteroatoms. The number of anilines is 3. The summed E-state index contributed by atoms with van der Waals surface area (Å²) in [7, 11) is 1.79. The number of hydrogen-bond donors (Lipinski definition) is 1. The summed E-state index contributed by atoms with van der Waals surface area (Å²) in [6.07, 6.45) is 5.03. The first-order chi connectivity index (χ1) is 18.9. The molecule has 0 saturated carbocycles. The third kappa shape index (κ3) is 5.25. The Morgan fingerprint density at radius 3 is 2.59 bits per heavy atom. The molecule has 39 heavy (non-hydrogen) atoms. The molecule has 4 aromatic rings. The van der Waals surface area contributed by atoms with Gasteiger partial charge in [-0.25, -0.2) is 18.7 Å². The lowest BCUT2D eigenvalue weighted by molar-refractivity contribution is -0.129. The molecule has 2 aliphatic rings. The molecule has 0 bridgehead atoms. The van der Waals surface area contributed by atoms with Crippen molar-refractivity contribution in [2.45, 2.75) is 6.54 Å². The smallest absolute Gasteiger partial charge is 0.241 e. The largest absolute Gasteiger partial charge is 0.379 e. The van der Waals surface area contributed by atoms with E-state index in [1.807, 2.05) is 15.9 Å². The van der Waals surface area contributed by atoms with Crippen LogP contribution in [0.1, 0.15) is 5.56 Å². The molecule has 2 fully saturated rings. The van der Waals surface area contributed by atoms with Crippen LogP contribution >= 0.6 is 0 Å². The summed E-state index contributed by atoms with van der Waals surface area (Å²) in [6, 6.07) is 8.08. The van der Waals surface area contributed by atoms with Gasteiger partial charge in [-0.15, -0.1) is 0 Å². The number of nitrogens with zero attached hydrogens (tertiary/aromatic N) is 7. The minimum absolute atomic E-state index is 0.0398. The van der Waals surface area contributed by atoms with Crippen molar-refractivity contribution in [1.82, 2.24) is 29.3 Å². The van der Waals surface area contributed by atoms with Crippen LogP contribution in [0.3, 0.4) is 0 Å². The molecule has 10 nitrogen and oxygen atoms in total. The molecule has 0 unspecified atom stereocenters. The fraction of sp³-hybridized carbons (Fsp3) is 0.333. The summed E-state index contributed by atoms with van der Waals surface area (Å²) in [5.41, 5.74) is 1.59. The van der Waals surface area contributed by atoms with E-state index in [0.717, 1.165) is 5.39 Å². The highest BCUT2D eigenvalue weighted by Gasteiger charge is 2.22. The predicted molar refractivity (Wildman–Crippen MR) is 142 cm³/mol. The standard InChI is InChI=1S/C27H28F2N8O2/c1-34-6-7-36(17-25(34)38)24-12-19(2-4-30-24)32-27-31-15-18-3-5-37(26(18)33-27)20-13-22(28)21(23(29)14-20)16-35-8-10-39-11-9-35/h2-5,12-15H,6-11,16-17H2,1H3,(H,30,31,32,33). The number of halogens is 2. The number of rotatable bonds is 6. The van der Waals surface area contributed by atoms with E-state index in [4.69, 9.17) is 4.74 Å². The number of morpholine rings is 1. The molecular weight excluding hydrogens is 506 g/mol. The van der Waals surface area contributed by atoms with Gasteiger partial charge in [0.15, 0.2) is 0 Å². The topological polar surface area (TPSA) is 91.7 Å². The Balaban J connectivity index is 1.24. The molecule has 0 radical (unpaired) electrons. The Kier molecular flexibility index (Phi) is 6.79. The van der Waals surface area contributed by atoms with Crippen LogP contribution in [0.4, 0.5) is 26.2 Å². The number of benzene rings is 1. The fourth-order valence-electron chi connectivity index (χ4n) is 4.80. The van der Waals surface area contributed by atoms with Gasteiger partial charge in [-0.1, -0.05) is 0 Å². The highest BCUT2D eigenvalue weighted by molar-refractivity contribution is 5.82. The number of piperazine rings is 1. The maximum Gasteiger partial charge on any atom is 0.241 e. The van der Waals surface area contributed by atoms with Crippen molar-refractivity contribution in [3.63, 3.8) is 0 Å².